The number of carbonyl (C=O) groups excluding carboxylic acids is 2. The van der Waals surface area contributed by atoms with Gasteiger partial charge in [-0.3, -0.25) is 19.2 Å². The highest BCUT2D eigenvalue weighted by molar-refractivity contribution is 7.13. The largest absolute Gasteiger partial charge is 0.395 e. The number of benzene rings is 1. The number of aliphatic hydroxyl groups is 1. The monoisotopic (exact) mass is 593 g/mol. The van der Waals surface area contributed by atoms with Gasteiger partial charge in [-0.15, -0.1) is 11.3 Å². The number of anilines is 2. The van der Waals surface area contributed by atoms with Crippen molar-refractivity contribution in [3.8, 4) is 0 Å². The minimum Gasteiger partial charge on any atom is -0.395 e. The molecule has 1 aromatic carbocycles. The summed E-state index contributed by atoms with van der Waals surface area (Å²) >= 11 is 1.29. The fraction of sp³-hybridized carbons (Fsp3) is 0.267. The number of hydrazone groups is 1. The van der Waals surface area contributed by atoms with Crippen molar-refractivity contribution in [2.75, 3.05) is 30.8 Å². The Morgan fingerprint density at radius 2 is 1.93 bits per heavy atom. The van der Waals surface area contributed by atoms with Gasteiger partial charge >= 0.3 is 0 Å². The molecule has 10 nitrogen and oxygen atoms in total. The molecule has 2 heterocycles. The Morgan fingerprint density at radius 1 is 1.17 bits per heavy atom. The second-order valence-electron chi connectivity index (χ2n) is 9.58. The van der Waals surface area contributed by atoms with Crippen molar-refractivity contribution in [3.05, 3.63) is 99.3 Å². The summed E-state index contributed by atoms with van der Waals surface area (Å²) in [6.45, 7) is 6.31. The van der Waals surface area contributed by atoms with E-state index in [1.165, 1.54) is 36.5 Å². The number of halogens is 1. The third-order valence-electron chi connectivity index (χ3n) is 5.86. The average molecular weight is 594 g/mol. The molecule has 0 saturated heterocycles. The van der Waals surface area contributed by atoms with Crippen LogP contribution in [0.4, 0.5) is 15.9 Å². The van der Waals surface area contributed by atoms with Gasteiger partial charge in [0.05, 0.1) is 28.6 Å². The second kappa shape index (κ2) is 15.6. The highest BCUT2D eigenvalue weighted by Gasteiger charge is 2.13. The van der Waals surface area contributed by atoms with Crippen molar-refractivity contribution in [2.45, 2.75) is 27.3 Å². The number of nitrogens with zero attached hydrogens (tertiary/aromatic N) is 4. The van der Waals surface area contributed by atoms with Crippen LogP contribution in [0.1, 0.15) is 38.3 Å². The number of aliphatic hydroxyl groups excluding tert-OH is 1. The molecule has 42 heavy (non-hydrogen) atoms. The van der Waals surface area contributed by atoms with Gasteiger partial charge in [-0.05, 0) is 62.9 Å². The highest BCUT2D eigenvalue weighted by Crippen LogP contribution is 2.20. The summed E-state index contributed by atoms with van der Waals surface area (Å²) in [7, 11) is 3.73. The fourth-order valence-corrected chi connectivity index (χ4v) is 4.64. The van der Waals surface area contributed by atoms with Gasteiger partial charge < -0.3 is 15.7 Å². The molecule has 0 bridgehead atoms. The lowest BCUT2D eigenvalue weighted by atomic mass is 10.1. The Morgan fingerprint density at radius 3 is 2.67 bits per heavy atom. The van der Waals surface area contributed by atoms with Crippen LogP contribution in [0.25, 0.3) is 0 Å². The predicted molar refractivity (Wildman–Crippen MR) is 166 cm³/mol. The molecular formula is C30H36FN7O3S. The van der Waals surface area contributed by atoms with E-state index in [0.717, 1.165) is 16.1 Å². The van der Waals surface area contributed by atoms with Crippen molar-refractivity contribution in [2.24, 2.45) is 12.1 Å². The van der Waals surface area contributed by atoms with E-state index < -0.39 is 11.7 Å². The summed E-state index contributed by atoms with van der Waals surface area (Å²) in [5, 5.41) is 23.5. The SMILES string of the molecule is CC(=O)N/N=C(\C=C\Nc1cc(CN(C)CCO)n(C)n1)c1ccc(F)c(NC(=O)c2cc(C)ccccc(C)s2)c1. The molecule has 12 heteroatoms. The van der Waals surface area contributed by atoms with E-state index >= 15 is 0 Å². The van der Waals surface area contributed by atoms with Crippen LogP contribution in [0.2, 0.25) is 0 Å². The van der Waals surface area contributed by atoms with E-state index in [4.69, 9.17) is 5.11 Å². The number of amides is 2. The summed E-state index contributed by atoms with van der Waals surface area (Å²) < 4.78 is 16.6. The quantitative estimate of drug-likeness (QED) is 0.192. The first kappa shape index (κ1) is 32.1. The Labute approximate surface area is 248 Å². The van der Waals surface area contributed by atoms with Gasteiger partial charge in [0.15, 0.2) is 5.82 Å². The van der Waals surface area contributed by atoms with Crippen molar-refractivity contribution < 1.29 is 19.1 Å². The number of aromatic nitrogens is 2. The molecule has 0 aliphatic rings. The molecule has 222 valence electrons. The summed E-state index contributed by atoms with van der Waals surface area (Å²) in [5.74, 6) is -0.866. The van der Waals surface area contributed by atoms with E-state index in [1.54, 1.807) is 23.0 Å². The number of nitrogens with one attached hydrogen (secondary N) is 3. The minimum atomic E-state index is -0.616. The molecular weight excluding hydrogens is 557 g/mol. The Balaban J connectivity index is 1.86. The average Bonchev–Trinajstić information content (AvgIpc) is 3.30. The molecule has 0 saturated carbocycles. The van der Waals surface area contributed by atoms with Gasteiger partial charge in [0.2, 0.25) is 5.91 Å². The molecule has 0 fully saturated rings. The molecule has 4 N–H and O–H groups in total. The Kier molecular flexibility index (Phi) is 11.9. The van der Waals surface area contributed by atoms with Crippen LogP contribution in [0.15, 0.2) is 72.0 Å². The molecule has 2 amide bonds. The van der Waals surface area contributed by atoms with Gasteiger partial charge in [0.1, 0.15) is 5.82 Å². The predicted octanol–water partition coefficient (Wildman–Crippen LogP) is 4.50. The number of aryl methyl sites for hydroxylation is 3. The zero-order chi connectivity index (χ0) is 30.6. The van der Waals surface area contributed by atoms with E-state index in [1.807, 2.05) is 63.2 Å². The summed E-state index contributed by atoms with van der Waals surface area (Å²) in [6, 6.07) is 15.4. The number of likely N-dealkylation sites (N-methyl/N-ethyl adjacent to an activating group) is 1. The summed E-state index contributed by atoms with van der Waals surface area (Å²) in [4.78, 5) is 28.1. The number of rotatable bonds is 11. The van der Waals surface area contributed by atoms with Crippen LogP contribution in [0.3, 0.4) is 0 Å². The maximum Gasteiger partial charge on any atom is 0.265 e. The standard InChI is InChI=1S/C30H36FN7O3S/c1-20-8-6-7-9-21(2)42-28(16-20)30(41)33-27-17-23(10-11-25(27)31)26(35-34-22(3)40)12-13-32-29-18-24(38(5)36-29)19-37(4)14-15-39/h6-13,16-18,39H,14-15,19H2,1-5H3,(H,32,36)(H,33,41)(H,34,40)/b7-6?,13-12+,20-8?,21-9?,28-16?,35-26+. The smallest absolute Gasteiger partial charge is 0.265 e. The van der Waals surface area contributed by atoms with E-state index in [2.05, 4.69) is 26.3 Å². The number of hydrogen-bond acceptors (Lipinski definition) is 8. The van der Waals surface area contributed by atoms with Crippen LogP contribution < -0.4 is 16.1 Å². The van der Waals surface area contributed by atoms with E-state index in [0.29, 0.717) is 35.1 Å². The van der Waals surface area contributed by atoms with Gasteiger partial charge in [-0.2, -0.15) is 10.2 Å². The lowest BCUT2D eigenvalue weighted by molar-refractivity contribution is -0.118. The molecule has 2 aromatic heterocycles. The lowest BCUT2D eigenvalue weighted by Crippen LogP contribution is -2.22. The summed E-state index contributed by atoms with van der Waals surface area (Å²) in [6.07, 6.45) is 3.20. The zero-order valence-corrected chi connectivity index (χ0v) is 25.1. The highest BCUT2D eigenvalue weighted by atomic mass is 32.1. The van der Waals surface area contributed by atoms with E-state index in [9.17, 15) is 14.0 Å². The molecule has 0 radical (unpaired) electrons. The Bertz CT molecular complexity index is 1500. The minimum absolute atomic E-state index is 0.0292. The third-order valence-corrected chi connectivity index (χ3v) is 6.84. The maximum absolute atomic E-state index is 14.8. The first-order chi connectivity index (χ1) is 20.0. The van der Waals surface area contributed by atoms with Crippen LogP contribution in [0, 0.1) is 19.7 Å². The zero-order valence-electron chi connectivity index (χ0n) is 24.3. The molecule has 3 rings (SSSR count). The van der Waals surface area contributed by atoms with E-state index in [-0.39, 0.29) is 18.2 Å². The summed E-state index contributed by atoms with van der Waals surface area (Å²) in [5.41, 5.74) is 4.96. The molecule has 0 atom stereocenters. The van der Waals surface area contributed by atoms with Crippen molar-refractivity contribution in [3.63, 3.8) is 0 Å². The van der Waals surface area contributed by atoms with Gasteiger partial charge in [0.25, 0.3) is 5.91 Å². The first-order valence-electron chi connectivity index (χ1n) is 13.2. The van der Waals surface area contributed by atoms with Gasteiger partial charge in [-0.25, -0.2) is 9.82 Å². The van der Waals surface area contributed by atoms with Gasteiger partial charge in [-0.1, -0.05) is 18.2 Å². The molecule has 3 aromatic rings. The van der Waals surface area contributed by atoms with Crippen LogP contribution in [0.5, 0.6) is 0 Å². The first-order valence-corrected chi connectivity index (χ1v) is 14.0. The van der Waals surface area contributed by atoms with Crippen molar-refractivity contribution in [1.29, 1.82) is 0 Å². The Hall–Kier alpha value is -4.39. The molecule has 0 aliphatic carbocycles. The fourth-order valence-electron chi connectivity index (χ4n) is 3.76. The van der Waals surface area contributed by atoms with Crippen LogP contribution in [-0.4, -0.2) is 57.5 Å². The topological polar surface area (TPSA) is 124 Å². The molecule has 0 spiro atoms. The van der Waals surface area contributed by atoms with Crippen molar-refractivity contribution in [1.82, 2.24) is 20.1 Å². The molecule has 0 aliphatic heterocycles. The number of carbonyl (C=O) groups is 2. The maximum atomic E-state index is 14.8. The number of hydrogen-bond donors (Lipinski definition) is 4. The molecule has 0 unspecified atom stereocenters. The normalized spacial score (nSPS) is 11.5. The third kappa shape index (κ3) is 9.91. The van der Waals surface area contributed by atoms with Crippen LogP contribution >= 0.6 is 11.3 Å². The second-order valence-corrected chi connectivity index (χ2v) is 10.9. The van der Waals surface area contributed by atoms with Crippen LogP contribution in [-0.2, 0) is 18.4 Å². The number of allylic oxidation sites excluding steroid dienone is 1. The van der Waals surface area contributed by atoms with Gasteiger partial charge in [0, 0.05) is 49.8 Å². The lowest BCUT2D eigenvalue weighted by Gasteiger charge is -2.14. The van der Waals surface area contributed by atoms with Crippen molar-refractivity contribution >= 4 is 40.4 Å².